The van der Waals surface area contributed by atoms with Crippen molar-refractivity contribution in [3.8, 4) is 0 Å². The summed E-state index contributed by atoms with van der Waals surface area (Å²) in [4.78, 5) is 23.5. The van der Waals surface area contributed by atoms with Gasteiger partial charge in [0.05, 0.1) is 11.3 Å². The van der Waals surface area contributed by atoms with Crippen LogP contribution in [0.2, 0.25) is 0 Å². The molecule has 0 atom stereocenters. The van der Waals surface area contributed by atoms with Gasteiger partial charge in [-0.1, -0.05) is 0 Å². The fraction of sp³-hybridized carbons (Fsp3) is 0.333. The summed E-state index contributed by atoms with van der Waals surface area (Å²) in [7, 11) is -1.80. The SMILES string of the molecule is CN(CCC(=O)O)C(=O)Nc1ccc(S(C)(=O)=O)cc1. The zero-order valence-electron chi connectivity index (χ0n) is 11.2. The molecule has 0 bridgehead atoms. The molecule has 110 valence electrons. The average molecular weight is 300 g/mol. The van der Waals surface area contributed by atoms with Gasteiger partial charge in [-0.3, -0.25) is 4.79 Å². The van der Waals surface area contributed by atoms with Crippen LogP contribution >= 0.6 is 0 Å². The molecular formula is C12H16N2O5S. The highest BCUT2D eigenvalue weighted by atomic mass is 32.2. The van der Waals surface area contributed by atoms with E-state index in [1.807, 2.05) is 0 Å². The number of anilines is 1. The minimum Gasteiger partial charge on any atom is -0.481 e. The maximum absolute atomic E-state index is 11.7. The van der Waals surface area contributed by atoms with E-state index in [0.717, 1.165) is 6.26 Å². The molecule has 1 rings (SSSR count). The standard InChI is InChI=1S/C12H16N2O5S/c1-14(8-7-11(15)16)12(17)13-9-3-5-10(6-4-9)20(2,18)19/h3-6H,7-8H2,1-2H3,(H,13,17)(H,15,16). The van der Waals surface area contributed by atoms with Crippen LogP contribution in [0, 0.1) is 0 Å². The average Bonchev–Trinajstić information content (AvgIpc) is 2.35. The quantitative estimate of drug-likeness (QED) is 0.845. The van der Waals surface area contributed by atoms with E-state index in [1.165, 1.54) is 36.2 Å². The molecule has 0 aliphatic rings. The minimum absolute atomic E-state index is 0.0859. The van der Waals surface area contributed by atoms with Gasteiger partial charge < -0.3 is 15.3 Å². The fourth-order valence-corrected chi connectivity index (χ4v) is 2.00. The highest BCUT2D eigenvalue weighted by Crippen LogP contribution is 2.14. The first-order valence-corrected chi connectivity index (χ1v) is 7.63. The van der Waals surface area contributed by atoms with E-state index >= 15 is 0 Å². The topological polar surface area (TPSA) is 104 Å². The molecule has 0 aliphatic heterocycles. The Balaban J connectivity index is 2.65. The summed E-state index contributed by atoms with van der Waals surface area (Å²) in [5, 5.41) is 11.1. The third-order valence-electron chi connectivity index (χ3n) is 2.54. The summed E-state index contributed by atoms with van der Waals surface area (Å²) in [5.41, 5.74) is 0.435. The van der Waals surface area contributed by atoms with Gasteiger partial charge in [0.2, 0.25) is 0 Å². The Morgan fingerprint density at radius 2 is 1.80 bits per heavy atom. The molecule has 0 aromatic heterocycles. The molecule has 8 heteroatoms. The van der Waals surface area contributed by atoms with Crippen LogP contribution in [0.4, 0.5) is 10.5 Å². The lowest BCUT2D eigenvalue weighted by molar-refractivity contribution is -0.137. The largest absolute Gasteiger partial charge is 0.481 e. The molecule has 2 amide bonds. The number of carbonyl (C=O) groups excluding carboxylic acids is 1. The third kappa shape index (κ3) is 4.88. The van der Waals surface area contributed by atoms with Crippen LogP contribution in [0.3, 0.4) is 0 Å². The number of amides is 2. The summed E-state index contributed by atoms with van der Waals surface area (Å²) in [6.07, 6.45) is 0.956. The molecule has 20 heavy (non-hydrogen) atoms. The number of nitrogens with one attached hydrogen (secondary N) is 1. The van der Waals surface area contributed by atoms with Gasteiger partial charge in [0, 0.05) is 25.5 Å². The second kappa shape index (κ2) is 6.38. The fourth-order valence-electron chi connectivity index (χ4n) is 1.37. The van der Waals surface area contributed by atoms with Gasteiger partial charge >= 0.3 is 12.0 Å². The minimum atomic E-state index is -3.27. The molecule has 0 saturated heterocycles. The van der Waals surface area contributed by atoms with Gasteiger partial charge in [-0.2, -0.15) is 0 Å². The molecule has 1 aromatic rings. The van der Waals surface area contributed by atoms with Crippen LogP contribution in [0.15, 0.2) is 29.2 Å². The van der Waals surface area contributed by atoms with E-state index in [1.54, 1.807) is 0 Å². The summed E-state index contributed by atoms with van der Waals surface area (Å²) in [6.45, 7) is 0.0859. The maximum atomic E-state index is 11.7. The Morgan fingerprint density at radius 3 is 2.25 bits per heavy atom. The monoisotopic (exact) mass is 300 g/mol. The molecule has 0 aliphatic carbocycles. The number of carbonyl (C=O) groups is 2. The van der Waals surface area contributed by atoms with Crippen LogP contribution in [0.5, 0.6) is 0 Å². The second-order valence-corrected chi connectivity index (χ2v) is 6.31. The van der Waals surface area contributed by atoms with E-state index in [0.29, 0.717) is 5.69 Å². The number of nitrogens with zero attached hydrogens (tertiary/aromatic N) is 1. The Kier molecular flexibility index (Phi) is 5.09. The molecule has 0 saturated carbocycles. The first kappa shape index (κ1) is 16.0. The Bertz CT molecular complexity index is 595. The third-order valence-corrected chi connectivity index (χ3v) is 3.67. The van der Waals surface area contributed by atoms with Gasteiger partial charge in [-0.05, 0) is 24.3 Å². The van der Waals surface area contributed by atoms with E-state index < -0.39 is 21.8 Å². The van der Waals surface area contributed by atoms with Crippen molar-refractivity contribution >= 4 is 27.5 Å². The number of hydrogen-bond donors (Lipinski definition) is 2. The van der Waals surface area contributed by atoms with Gasteiger partial charge in [-0.25, -0.2) is 13.2 Å². The van der Waals surface area contributed by atoms with E-state index in [9.17, 15) is 18.0 Å². The molecule has 0 fully saturated rings. The highest BCUT2D eigenvalue weighted by molar-refractivity contribution is 7.90. The lowest BCUT2D eigenvalue weighted by Gasteiger charge is -2.16. The van der Waals surface area contributed by atoms with E-state index in [4.69, 9.17) is 5.11 Å². The van der Waals surface area contributed by atoms with E-state index in [2.05, 4.69) is 5.32 Å². The number of hydrogen-bond acceptors (Lipinski definition) is 4. The van der Waals surface area contributed by atoms with Crippen molar-refractivity contribution in [2.45, 2.75) is 11.3 Å². The molecule has 1 aromatic carbocycles. The molecule has 0 heterocycles. The Hall–Kier alpha value is -2.09. The van der Waals surface area contributed by atoms with Crippen LogP contribution in [0.25, 0.3) is 0 Å². The summed E-state index contributed by atoms with van der Waals surface area (Å²) in [5.74, 6) is -0.984. The highest BCUT2D eigenvalue weighted by Gasteiger charge is 2.11. The van der Waals surface area contributed by atoms with Crippen molar-refractivity contribution in [1.29, 1.82) is 0 Å². The first-order valence-electron chi connectivity index (χ1n) is 5.74. The second-order valence-electron chi connectivity index (χ2n) is 4.29. The van der Waals surface area contributed by atoms with Crippen molar-refractivity contribution in [2.24, 2.45) is 0 Å². The van der Waals surface area contributed by atoms with Crippen molar-refractivity contribution in [1.82, 2.24) is 4.90 Å². The van der Waals surface area contributed by atoms with Gasteiger partial charge in [0.25, 0.3) is 0 Å². The Labute approximate surface area is 117 Å². The lowest BCUT2D eigenvalue weighted by atomic mass is 10.3. The molecule has 0 unspecified atom stereocenters. The van der Waals surface area contributed by atoms with Gasteiger partial charge in [0.15, 0.2) is 9.84 Å². The molecule has 7 nitrogen and oxygen atoms in total. The first-order chi connectivity index (χ1) is 9.20. The molecular weight excluding hydrogens is 284 g/mol. The van der Waals surface area contributed by atoms with Crippen LogP contribution in [-0.4, -0.2) is 50.3 Å². The molecule has 0 radical (unpaired) electrons. The zero-order valence-corrected chi connectivity index (χ0v) is 12.0. The van der Waals surface area contributed by atoms with Crippen LogP contribution in [0.1, 0.15) is 6.42 Å². The van der Waals surface area contributed by atoms with Gasteiger partial charge in [-0.15, -0.1) is 0 Å². The van der Waals surface area contributed by atoms with Crippen LogP contribution in [-0.2, 0) is 14.6 Å². The lowest BCUT2D eigenvalue weighted by Crippen LogP contribution is -2.33. The molecule has 2 N–H and O–H groups in total. The summed E-state index contributed by atoms with van der Waals surface area (Å²) >= 11 is 0. The Morgan fingerprint density at radius 1 is 1.25 bits per heavy atom. The van der Waals surface area contributed by atoms with E-state index in [-0.39, 0.29) is 17.9 Å². The van der Waals surface area contributed by atoms with Crippen molar-refractivity contribution < 1.29 is 23.1 Å². The van der Waals surface area contributed by atoms with Crippen molar-refractivity contribution in [3.63, 3.8) is 0 Å². The van der Waals surface area contributed by atoms with Crippen molar-refractivity contribution in [2.75, 3.05) is 25.2 Å². The maximum Gasteiger partial charge on any atom is 0.321 e. The number of sulfone groups is 1. The number of carboxylic acid groups (broad SMARTS) is 1. The number of benzene rings is 1. The normalized spacial score (nSPS) is 10.9. The number of rotatable bonds is 5. The summed E-state index contributed by atoms with van der Waals surface area (Å²) in [6, 6.07) is 5.27. The smallest absolute Gasteiger partial charge is 0.321 e. The zero-order chi connectivity index (χ0) is 15.3. The number of urea groups is 1. The number of carboxylic acids is 1. The van der Waals surface area contributed by atoms with Crippen LogP contribution < -0.4 is 5.32 Å². The predicted molar refractivity (Wildman–Crippen MR) is 73.5 cm³/mol. The van der Waals surface area contributed by atoms with Gasteiger partial charge in [0.1, 0.15) is 0 Å². The molecule has 0 spiro atoms. The predicted octanol–water partition coefficient (Wildman–Crippen LogP) is 1.03. The number of aliphatic carboxylic acids is 1. The summed E-state index contributed by atoms with van der Waals surface area (Å²) < 4.78 is 22.5. The van der Waals surface area contributed by atoms with Crippen molar-refractivity contribution in [3.05, 3.63) is 24.3 Å².